The van der Waals surface area contributed by atoms with Gasteiger partial charge in [0.1, 0.15) is 5.75 Å². The lowest BCUT2D eigenvalue weighted by Crippen LogP contribution is -2.18. The molecule has 6 heteroatoms. The largest absolute Gasteiger partial charge is 0.506 e. The number of nitrogens with zero attached hydrogens (tertiary/aromatic N) is 1. The fourth-order valence-electron chi connectivity index (χ4n) is 2.28. The molecule has 144 valence electrons. The normalized spacial score (nSPS) is 12.2. The fourth-order valence-corrected chi connectivity index (χ4v) is 3.56. The summed E-state index contributed by atoms with van der Waals surface area (Å²) in [7, 11) is 0. The van der Waals surface area contributed by atoms with Crippen molar-refractivity contribution >= 4 is 49.6 Å². The Bertz CT molecular complexity index is 925. The lowest BCUT2D eigenvalue weighted by Gasteiger charge is -2.04. The zero-order valence-corrected chi connectivity index (χ0v) is 18.5. The number of carbonyl (C=O) groups excluding carboxylic acids is 1. The van der Waals surface area contributed by atoms with Gasteiger partial charge < -0.3 is 5.11 Å². The number of carbonyl (C=O) groups is 1. The predicted molar refractivity (Wildman–Crippen MR) is 122 cm³/mol. The molecular weight excluding hydrogens is 484 g/mol. The summed E-state index contributed by atoms with van der Waals surface area (Å²) in [5, 5.41) is 13.7. The Labute approximate surface area is 181 Å². The Balaban J connectivity index is 1.96. The van der Waals surface area contributed by atoms with Crippen LogP contribution in [0.5, 0.6) is 5.75 Å². The number of halogens is 2. The van der Waals surface area contributed by atoms with Crippen LogP contribution >= 0.6 is 31.9 Å². The van der Waals surface area contributed by atoms with E-state index in [2.05, 4.69) is 49.0 Å². The molecule has 0 saturated carbocycles. The van der Waals surface area contributed by atoms with Crippen molar-refractivity contribution in [3.63, 3.8) is 0 Å². The quantitative estimate of drug-likeness (QED) is 0.218. The Morgan fingerprint density at radius 3 is 2.43 bits per heavy atom. The summed E-state index contributed by atoms with van der Waals surface area (Å²) < 4.78 is 1.19. The van der Waals surface area contributed by atoms with E-state index in [0.29, 0.717) is 20.9 Å². The summed E-state index contributed by atoms with van der Waals surface area (Å²) in [6, 6.07) is 13.4. The molecule has 0 fully saturated rings. The Morgan fingerprint density at radius 2 is 1.82 bits per heavy atom. The van der Waals surface area contributed by atoms with Gasteiger partial charge in [-0.1, -0.05) is 55.1 Å². The van der Waals surface area contributed by atoms with Crippen molar-refractivity contribution in [3.05, 3.63) is 92.9 Å². The zero-order chi connectivity index (χ0) is 20.5. The molecule has 0 aliphatic rings. The highest BCUT2D eigenvalue weighted by Crippen LogP contribution is 2.33. The molecule has 2 N–H and O–H groups in total. The molecule has 4 nitrogen and oxygen atoms in total. The highest BCUT2D eigenvalue weighted by Gasteiger charge is 2.05. The van der Waals surface area contributed by atoms with Crippen LogP contribution in [0.1, 0.15) is 18.1 Å². The number of aromatic hydroxyl groups is 1. The Hall–Kier alpha value is -2.44. The van der Waals surface area contributed by atoms with E-state index in [4.69, 9.17) is 0 Å². The van der Waals surface area contributed by atoms with E-state index in [1.807, 2.05) is 36.4 Å². The van der Waals surface area contributed by atoms with Crippen molar-refractivity contribution < 1.29 is 9.90 Å². The van der Waals surface area contributed by atoms with Crippen LogP contribution in [0, 0.1) is 0 Å². The number of phenolic OH excluding ortho intramolecular Hbond substituents is 1. The average molecular weight is 504 g/mol. The first-order valence-electron chi connectivity index (χ1n) is 8.47. The van der Waals surface area contributed by atoms with Crippen LogP contribution in [-0.2, 0) is 11.2 Å². The molecular formula is C22H20Br2N2O2. The summed E-state index contributed by atoms with van der Waals surface area (Å²) >= 11 is 6.57. The molecule has 0 spiro atoms. The lowest BCUT2D eigenvalue weighted by atomic mass is 10.1. The molecule has 2 rings (SSSR count). The summed E-state index contributed by atoms with van der Waals surface area (Å²) in [6.07, 6.45) is 7.46. The van der Waals surface area contributed by atoms with Crippen LogP contribution in [0.2, 0.25) is 0 Å². The smallest absolute Gasteiger partial charge is 0.266 e. The number of phenols is 1. The number of allylic oxidation sites excluding steroid dienone is 4. The van der Waals surface area contributed by atoms with Gasteiger partial charge in [-0.25, -0.2) is 5.43 Å². The number of rotatable bonds is 7. The van der Waals surface area contributed by atoms with Crippen molar-refractivity contribution in [3.8, 4) is 5.75 Å². The van der Waals surface area contributed by atoms with E-state index in [-0.39, 0.29) is 11.7 Å². The monoisotopic (exact) mass is 502 g/mol. The van der Waals surface area contributed by atoms with Gasteiger partial charge in [0.25, 0.3) is 5.91 Å². The Morgan fingerprint density at radius 1 is 1.18 bits per heavy atom. The topological polar surface area (TPSA) is 61.7 Å². The van der Waals surface area contributed by atoms with Gasteiger partial charge in [-0.05, 0) is 67.6 Å². The van der Waals surface area contributed by atoms with Crippen LogP contribution in [0.4, 0.5) is 0 Å². The molecule has 2 aromatic rings. The molecule has 0 heterocycles. The molecule has 0 bridgehead atoms. The van der Waals surface area contributed by atoms with Crippen molar-refractivity contribution in [2.75, 3.05) is 0 Å². The minimum absolute atomic E-state index is 0.150. The lowest BCUT2D eigenvalue weighted by molar-refractivity contribution is -0.117. The first-order valence-corrected chi connectivity index (χ1v) is 10.1. The van der Waals surface area contributed by atoms with Crippen molar-refractivity contribution in [2.24, 2.45) is 5.10 Å². The average Bonchev–Trinajstić information content (AvgIpc) is 2.70. The molecule has 0 atom stereocenters. The number of hydrazone groups is 1. The molecule has 1 amide bonds. The second kappa shape index (κ2) is 10.8. The summed E-state index contributed by atoms with van der Waals surface area (Å²) in [5.41, 5.74) is 5.94. The third-order valence-electron chi connectivity index (χ3n) is 3.86. The van der Waals surface area contributed by atoms with Gasteiger partial charge in [-0.15, -0.1) is 0 Å². The minimum atomic E-state index is -0.281. The zero-order valence-electron chi connectivity index (χ0n) is 15.3. The molecule has 0 unspecified atom stereocenters. The predicted octanol–water partition coefficient (Wildman–Crippen LogP) is 5.78. The van der Waals surface area contributed by atoms with Crippen LogP contribution in [0.15, 0.2) is 86.9 Å². The first-order chi connectivity index (χ1) is 13.4. The van der Waals surface area contributed by atoms with Crippen molar-refractivity contribution in [1.82, 2.24) is 5.43 Å². The number of hydrogen-bond donors (Lipinski definition) is 2. The van der Waals surface area contributed by atoms with Crippen LogP contribution in [-0.4, -0.2) is 17.2 Å². The first kappa shape index (κ1) is 21.9. The van der Waals surface area contributed by atoms with E-state index < -0.39 is 0 Å². The highest BCUT2D eigenvalue weighted by atomic mass is 79.9. The SMILES string of the molecule is C=C/C(=C\C=C(/C)C(=O)N/N=C/Cc1cc(Br)c(O)c(Br)c1)c1ccccc1. The number of benzene rings is 2. The maximum atomic E-state index is 12.1. The fraction of sp³-hybridized carbons (Fsp3) is 0.0909. The molecule has 28 heavy (non-hydrogen) atoms. The number of nitrogens with one attached hydrogen (secondary N) is 1. The standard InChI is InChI=1S/C22H20Br2N2O2/c1-3-17(18-7-5-4-6-8-18)10-9-15(2)22(28)26-25-12-11-16-13-19(23)21(27)20(24)14-16/h3-10,12-14,27H,1,11H2,2H3,(H,26,28)/b15-9+,17-10+,25-12+. The van der Waals surface area contributed by atoms with Gasteiger partial charge in [-0.3, -0.25) is 4.79 Å². The third-order valence-corrected chi connectivity index (χ3v) is 5.07. The molecule has 0 radical (unpaired) electrons. The molecule has 0 saturated heterocycles. The van der Waals surface area contributed by atoms with Gasteiger partial charge in [0.2, 0.25) is 0 Å². The van der Waals surface area contributed by atoms with E-state index >= 15 is 0 Å². The summed E-state index contributed by atoms with van der Waals surface area (Å²) in [6.45, 7) is 5.55. The van der Waals surface area contributed by atoms with Gasteiger partial charge in [0, 0.05) is 18.2 Å². The van der Waals surface area contributed by atoms with E-state index in [0.717, 1.165) is 16.7 Å². The van der Waals surface area contributed by atoms with Crippen LogP contribution < -0.4 is 5.43 Å². The highest BCUT2D eigenvalue weighted by molar-refractivity contribution is 9.11. The summed E-state index contributed by atoms with van der Waals surface area (Å²) in [5.74, 6) is -0.130. The van der Waals surface area contributed by atoms with Gasteiger partial charge in [0.15, 0.2) is 0 Å². The van der Waals surface area contributed by atoms with Crippen molar-refractivity contribution in [2.45, 2.75) is 13.3 Å². The Kier molecular flexibility index (Phi) is 8.42. The van der Waals surface area contributed by atoms with Crippen LogP contribution in [0.3, 0.4) is 0 Å². The number of amides is 1. The van der Waals surface area contributed by atoms with Gasteiger partial charge in [0.05, 0.1) is 8.95 Å². The molecule has 2 aromatic carbocycles. The van der Waals surface area contributed by atoms with E-state index in [1.54, 1.807) is 37.4 Å². The van der Waals surface area contributed by atoms with Gasteiger partial charge in [-0.2, -0.15) is 5.10 Å². The molecule has 0 aromatic heterocycles. The second-order valence-electron chi connectivity index (χ2n) is 5.91. The van der Waals surface area contributed by atoms with E-state index in [1.165, 1.54) is 0 Å². The van der Waals surface area contributed by atoms with Gasteiger partial charge >= 0.3 is 0 Å². The molecule has 0 aliphatic heterocycles. The second-order valence-corrected chi connectivity index (χ2v) is 7.62. The van der Waals surface area contributed by atoms with Crippen molar-refractivity contribution in [1.29, 1.82) is 0 Å². The molecule has 0 aliphatic carbocycles. The minimum Gasteiger partial charge on any atom is -0.506 e. The summed E-state index contributed by atoms with van der Waals surface area (Å²) in [4.78, 5) is 12.1. The maximum absolute atomic E-state index is 12.1. The van der Waals surface area contributed by atoms with Crippen LogP contribution in [0.25, 0.3) is 5.57 Å². The maximum Gasteiger partial charge on any atom is 0.266 e. The third kappa shape index (κ3) is 6.32. The number of hydrogen-bond acceptors (Lipinski definition) is 3. The van der Waals surface area contributed by atoms with E-state index in [9.17, 15) is 9.90 Å².